The summed E-state index contributed by atoms with van der Waals surface area (Å²) < 4.78 is 11.4. The molecule has 166 valence electrons. The van der Waals surface area contributed by atoms with E-state index in [2.05, 4.69) is 25.2 Å². The Morgan fingerprint density at radius 3 is 2.52 bits per heavy atom. The van der Waals surface area contributed by atoms with Gasteiger partial charge in [0.05, 0.1) is 13.2 Å². The molecular weight excluding hydrogens is 392 g/mol. The highest BCUT2D eigenvalue weighted by Gasteiger charge is 2.22. The molecule has 0 spiro atoms. The second-order valence-electron chi connectivity index (χ2n) is 7.84. The van der Waals surface area contributed by atoms with Crippen LogP contribution in [-0.2, 0) is 9.53 Å². The van der Waals surface area contributed by atoms with E-state index in [9.17, 15) is 9.59 Å². The molecule has 1 aliphatic heterocycles. The molecule has 0 saturated carbocycles. The lowest BCUT2D eigenvalue weighted by molar-refractivity contribution is -0.122. The van der Waals surface area contributed by atoms with Crippen LogP contribution in [0.25, 0.3) is 0 Å². The Hall–Kier alpha value is -2.86. The van der Waals surface area contributed by atoms with Crippen molar-refractivity contribution in [2.45, 2.75) is 45.6 Å². The van der Waals surface area contributed by atoms with Crippen LogP contribution in [0.1, 0.15) is 55.5 Å². The van der Waals surface area contributed by atoms with Crippen LogP contribution in [0.3, 0.4) is 0 Å². The van der Waals surface area contributed by atoms with E-state index in [1.165, 1.54) is 0 Å². The Kier molecular flexibility index (Phi) is 8.06. The summed E-state index contributed by atoms with van der Waals surface area (Å²) >= 11 is 0. The fraction of sp³-hybridized carbons (Fsp3) is 0.440. The fourth-order valence-electron chi connectivity index (χ4n) is 3.59. The molecule has 1 heterocycles. The van der Waals surface area contributed by atoms with E-state index in [4.69, 9.17) is 9.47 Å². The molecule has 2 aromatic carbocycles. The Labute approximate surface area is 184 Å². The number of carbonyl (C=O) groups is 2. The molecule has 31 heavy (non-hydrogen) atoms. The van der Waals surface area contributed by atoms with Crippen molar-refractivity contribution >= 4 is 17.5 Å². The van der Waals surface area contributed by atoms with Gasteiger partial charge in [-0.15, -0.1) is 0 Å². The minimum absolute atomic E-state index is 0.0508. The van der Waals surface area contributed by atoms with Crippen molar-refractivity contribution < 1.29 is 19.1 Å². The zero-order valence-electron chi connectivity index (χ0n) is 18.6. The lowest BCUT2D eigenvalue weighted by Crippen LogP contribution is -2.40. The summed E-state index contributed by atoms with van der Waals surface area (Å²) in [7, 11) is 0. The second-order valence-corrected chi connectivity index (χ2v) is 7.84. The van der Waals surface area contributed by atoms with Crippen molar-refractivity contribution in [1.82, 2.24) is 4.90 Å². The molecule has 1 N–H and O–H groups in total. The van der Waals surface area contributed by atoms with Crippen molar-refractivity contribution in [3.05, 3.63) is 59.7 Å². The predicted molar refractivity (Wildman–Crippen MR) is 122 cm³/mol. The molecule has 1 saturated heterocycles. The van der Waals surface area contributed by atoms with Crippen LogP contribution in [-0.4, -0.2) is 49.1 Å². The summed E-state index contributed by atoms with van der Waals surface area (Å²) in [6.07, 6.45) is 0.907. The number of rotatable bonds is 8. The first kappa shape index (κ1) is 22.8. The topological polar surface area (TPSA) is 67.9 Å². The number of hydrogen-bond acceptors (Lipinski definition) is 4. The maximum absolute atomic E-state index is 12.9. The molecule has 2 atom stereocenters. The number of morpholine rings is 1. The van der Waals surface area contributed by atoms with Crippen molar-refractivity contribution in [2.75, 3.05) is 31.6 Å². The fourth-order valence-corrected chi connectivity index (χ4v) is 3.59. The highest BCUT2D eigenvalue weighted by molar-refractivity contribution is 5.98. The van der Waals surface area contributed by atoms with Crippen LogP contribution in [0.5, 0.6) is 5.75 Å². The van der Waals surface area contributed by atoms with Gasteiger partial charge < -0.3 is 19.7 Å². The van der Waals surface area contributed by atoms with E-state index in [-0.39, 0.29) is 11.8 Å². The molecule has 3 rings (SSSR count). The van der Waals surface area contributed by atoms with Gasteiger partial charge >= 0.3 is 0 Å². The number of amides is 2. The van der Waals surface area contributed by atoms with Gasteiger partial charge in [-0.3, -0.25) is 9.59 Å². The summed E-state index contributed by atoms with van der Waals surface area (Å²) in [5.41, 5.74) is 2.24. The summed E-state index contributed by atoms with van der Waals surface area (Å²) in [6.45, 7) is 8.48. The summed E-state index contributed by atoms with van der Waals surface area (Å²) in [4.78, 5) is 27.4. The second kappa shape index (κ2) is 11.0. The standard InChI is InChI=1S/C25H32N2O4/c1-4-18(3)21-11-6-7-12-23(21)31-22(5-2)24(28)26-20-10-8-9-19(17-20)25(29)27-13-15-30-16-14-27/h6-12,17-18,22H,4-5,13-16H2,1-3H3,(H,26,28). The van der Waals surface area contributed by atoms with Crippen molar-refractivity contribution in [2.24, 2.45) is 0 Å². The molecule has 0 radical (unpaired) electrons. The van der Waals surface area contributed by atoms with Gasteiger partial charge in [-0.25, -0.2) is 0 Å². The van der Waals surface area contributed by atoms with Crippen molar-refractivity contribution in [3.8, 4) is 5.75 Å². The Bertz CT molecular complexity index is 893. The normalized spacial score (nSPS) is 15.8. The molecule has 6 nitrogen and oxygen atoms in total. The highest BCUT2D eigenvalue weighted by atomic mass is 16.5. The van der Waals surface area contributed by atoms with Crippen LogP contribution in [0, 0.1) is 0 Å². The van der Waals surface area contributed by atoms with E-state index in [0.29, 0.717) is 49.9 Å². The van der Waals surface area contributed by atoms with E-state index in [1.807, 2.05) is 25.1 Å². The Balaban J connectivity index is 1.69. The Morgan fingerprint density at radius 1 is 1.06 bits per heavy atom. The number of anilines is 1. The average molecular weight is 425 g/mol. The molecule has 2 unspecified atom stereocenters. The first-order chi connectivity index (χ1) is 15.0. The smallest absolute Gasteiger partial charge is 0.265 e. The third-order valence-electron chi connectivity index (χ3n) is 5.67. The SMILES string of the molecule is CCC(Oc1ccccc1C(C)CC)C(=O)Nc1cccc(C(=O)N2CCOCC2)c1. The number of para-hydroxylation sites is 1. The molecule has 1 fully saturated rings. The summed E-state index contributed by atoms with van der Waals surface area (Å²) in [6, 6.07) is 14.9. The van der Waals surface area contributed by atoms with Gasteiger partial charge in [0.2, 0.25) is 0 Å². The van der Waals surface area contributed by atoms with E-state index < -0.39 is 6.10 Å². The van der Waals surface area contributed by atoms with Gasteiger partial charge in [-0.1, -0.05) is 45.0 Å². The molecule has 0 aromatic heterocycles. The van der Waals surface area contributed by atoms with Crippen LogP contribution in [0.4, 0.5) is 5.69 Å². The molecule has 1 aliphatic rings. The molecule has 2 amide bonds. The van der Waals surface area contributed by atoms with Gasteiger partial charge in [0.1, 0.15) is 5.75 Å². The number of carbonyl (C=O) groups excluding carboxylic acids is 2. The van der Waals surface area contributed by atoms with Gasteiger partial charge in [0.25, 0.3) is 11.8 Å². The summed E-state index contributed by atoms with van der Waals surface area (Å²) in [5.74, 6) is 0.817. The van der Waals surface area contributed by atoms with Gasteiger partial charge in [-0.2, -0.15) is 0 Å². The minimum Gasteiger partial charge on any atom is -0.480 e. The quantitative estimate of drug-likeness (QED) is 0.679. The Morgan fingerprint density at radius 2 is 1.81 bits per heavy atom. The largest absolute Gasteiger partial charge is 0.480 e. The maximum atomic E-state index is 12.9. The number of nitrogens with one attached hydrogen (secondary N) is 1. The van der Waals surface area contributed by atoms with Gasteiger partial charge in [0, 0.05) is 24.3 Å². The zero-order valence-corrected chi connectivity index (χ0v) is 18.6. The van der Waals surface area contributed by atoms with E-state index >= 15 is 0 Å². The molecule has 0 aliphatic carbocycles. The number of ether oxygens (including phenoxy) is 2. The van der Waals surface area contributed by atoms with Crippen LogP contribution in [0.15, 0.2) is 48.5 Å². The number of benzene rings is 2. The van der Waals surface area contributed by atoms with E-state index in [0.717, 1.165) is 17.7 Å². The highest BCUT2D eigenvalue weighted by Crippen LogP contribution is 2.29. The average Bonchev–Trinajstić information content (AvgIpc) is 2.82. The monoisotopic (exact) mass is 424 g/mol. The minimum atomic E-state index is -0.621. The van der Waals surface area contributed by atoms with Crippen LogP contribution in [0.2, 0.25) is 0 Å². The number of nitrogens with zero attached hydrogens (tertiary/aromatic N) is 1. The van der Waals surface area contributed by atoms with Crippen LogP contribution < -0.4 is 10.1 Å². The van der Waals surface area contributed by atoms with Crippen molar-refractivity contribution in [1.29, 1.82) is 0 Å². The first-order valence-corrected chi connectivity index (χ1v) is 11.1. The maximum Gasteiger partial charge on any atom is 0.265 e. The third kappa shape index (κ3) is 5.85. The lowest BCUT2D eigenvalue weighted by Gasteiger charge is -2.27. The molecule has 6 heteroatoms. The zero-order chi connectivity index (χ0) is 22.2. The third-order valence-corrected chi connectivity index (χ3v) is 5.67. The summed E-state index contributed by atoms with van der Waals surface area (Å²) in [5, 5.41) is 2.91. The van der Waals surface area contributed by atoms with Crippen molar-refractivity contribution in [3.63, 3.8) is 0 Å². The number of hydrogen-bond donors (Lipinski definition) is 1. The molecule has 0 bridgehead atoms. The van der Waals surface area contributed by atoms with E-state index in [1.54, 1.807) is 29.2 Å². The molecule has 2 aromatic rings. The van der Waals surface area contributed by atoms with Gasteiger partial charge in [-0.05, 0) is 48.6 Å². The molecular formula is C25H32N2O4. The van der Waals surface area contributed by atoms with Crippen LogP contribution >= 0.6 is 0 Å². The van der Waals surface area contributed by atoms with Gasteiger partial charge in [0.15, 0.2) is 6.10 Å². The predicted octanol–water partition coefficient (Wildman–Crippen LogP) is 4.47. The lowest BCUT2D eigenvalue weighted by atomic mass is 9.98. The first-order valence-electron chi connectivity index (χ1n) is 11.1.